The van der Waals surface area contributed by atoms with E-state index in [1.54, 1.807) is 9.80 Å². The van der Waals surface area contributed by atoms with Gasteiger partial charge in [0.1, 0.15) is 6.33 Å². The first-order valence-corrected chi connectivity index (χ1v) is 11.0. The number of aromatic nitrogens is 2. The summed E-state index contributed by atoms with van der Waals surface area (Å²) >= 11 is 0. The molecule has 3 unspecified atom stereocenters. The number of carbonyl (C=O) groups is 1. The zero-order chi connectivity index (χ0) is 24.5. The number of nitrogens with one attached hydrogen (secondary N) is 1. The van der Waals surface area contributed by atoms with Crippen molar-refractivity contribution in [2.75, 3.05) is 42.9 Å². The van der Waals surface area contributed by atoms with E-state index in [0.717, 1.165) is 12.1 Å². The number of nitrogens with two attached hydrogens (primary N) is 1. The van der Waals surface area contributed by atoms with Crippen LogP contribution >= 0.6 is 0 Å². The number of benzene rings is 1. The third-order valence-electron chi connectivity index (χ3n) is 6.40. The maximum Gasteiger partial charge on any atom is 0.416 e. The van der Waals surface area contributed by atoms with E-state index in [-0.39, 0.29) is 36.7 Å². The standard InChI is InChI=1S/C22H26F4N6O2/c23-19-20(28-9-14-5-7-31(10-17(14)33)11-18(27)34)29-12-30-21(19)32-8-6-16(32)13-1-3-15(4-2-13)22(24,25)26/h1-4,12,14,16-17,33H,5-11H2,(H2,27,34)(H,28,29,30). The van der Waals surface area contributed by atoms with Crippen LogP contribution in [0.1, 0.15) is 30.0 Å². The van der Waals surface area contributed by atoms with Crippen LogP contribution in [-0.2, 0) is 11.0 Å². The maximum absolute atomic E-state index is 15.2. The van der Waals surface area contributed by atoms with E-state index in [9.17, 15) is 23.1 Å². The Balaban J connectivity index is 1.40. The van der Waals surface area contributed by atoms with Crippen LogP contribution < -0.4 is 16.0 Å². The first-order valence-electron chi connectivity index (χ1n) is 11.0. The second-order valence-electron chi connectivity index (χ2n) is 8.68. The van der Waals surface area contributed by atoms with Gasteiger partial charge in [-0.05, 0) is 37.1 Å². The number of aliphatic hydroxyl groups is 1. The Morgan fingerprint density at radius 3 is 2.50 bits per heavy atom. The fourth-order valence-corrected chi connectivity index (χ4v) is 4.44. The number of piperidine rings is 1. The van der Waals surface area contributed by atoms with Gasteiger partial charge in [-0.15, -0.1) is 0 Å². The summed E-state index contributed by atoms with van der Waals surface area (Å²) in [5.41, 5.74) is 5.12. The number of carbonyl (C=O) groups excluding carboxylic acids is 1. The third kappa shape index (κ3) is 5.22. The monoisotopic (exact) mass is 482 g/mol. The lowest BCUT2D eigenvalue weighted by Crippen LogP contribution is -2.48. The number of primary amides is 1. The van der Waals surface area contributed by atoms with Crippen molar-refractivity contribution < 1.29 is 27.5 Å². The molecule has 2 aromatic rings. The highest BCUT2D eigenvalue weighted by Crippen LogP contribution is 2.39. The summed E-state index contributed by atoms with van der Waals surface area (Å²) < 4.78 is 53.7. The van der Waals surface area contributed by atoms with Crippen LogP contribution in [0.5, 0.6) is 0 Å². The van der Waals surface area contributed by atoms with Gasteiger partial charge in [0, 0.05) is 25.6 Å². The lowest BCUT2D eigenvalue weighted by atomic mass is 9.93. The van der Waals surface area contributed by atoms with Crippen LogP contribution in [0, 0.1) is 11.7 Å². The van der Waals surface area contributed by atoms with E-state index in [4.69, 9.17) is 5.73 Å². The lowest BCUT2D eigenvalue weighted by Gasteiger charge is -2.42. The Morgan fingerprint density at radius 1 is 1.18 bits per heavy atom. The molecule has 34 heavy (non-hydrogen) atoms. The van der Waals surface area contributed by atoms with Crippen molar-refractivity contribution in [3.05, 3.63) is 47.5 Å². The largest absolute Gasteiger partial charge is 0.416 e. The number of β-amino-alcohol motifs (C(OH)–C–C–N with tert-alkyl or cyclic N) is 1. The van der Waals surface area contributed by atoms with Gasteiger partial charge < -0.3 is 21.1 Å². The highest BCUT2D eigenvalue weighted by atomic mass is 19.4. The molecular formula is C22H26F4N6O2. The van der Waals surface area contributed by atoms with Gasteiger partial charge in [-0.2, -0.15) is 17.6 Å². The Hall–Kier alpha value is -2.99. The van der Waals surface area contributed by atoms with E-state index >= 15 is 4.39 Å². The molecule has 3 atom stereocenters. The Morgan fingerprint density at radius 2 is 1.91 bits per heavy atom. The van der Waals surface area contributed by atoms with Crippen molar-refractivity contribution in [1.82, 2.24) is 14.9 Å². The van der Waals surface area contributed by atoms with Crippen LogP contribution in [0.25, 0.3) is 0 Å². The third-order valence-corrected chi connectivity index (χ3v) is 6.40. The molecule has 1 aromatic heterocycles. The fourth-order valence-electron chi connectivity index (χ4n) is 4.44. The van der Waals surface area contributed by atoms with E-state index in [0.29, 0.717) is 38.0 Å². The topological polar surface area (TPSA) is 108 Å². The predicted octanol–water partition coefficient (Wildman–Crippen LogP) is 2.17. The molecule has 0 saturated carbocycles. The van der Waals surface area contributed by atoms with Crippen LogP contribution in [0.2, 0.25) is 0 Å². The molecule has 0 spiro atoms. The Labute approximate surface area is 193 Å². The van der Waals surface area contributed by atoms with Crippen molar-refractivity contribution in [3.63, 3.8) is 0 Å². The quantitative estimate of drug-likeness (QED) is 0.519. The zero-order valence-electron chi connectivity index (χ0n) is 18.3. The number of rotatable bonds is 7. The maximum atomic E-state index is 15.2. The van der Waals surface area contributed by atoms with Crippen LogP contribution in [-0.4, -0.2) is 64.7 Å². The number of likely N-dealkylation sites (tertiary alicyclic amines) is 1. The van der Waals surface area contributed by atoms with Crippen molar-refractivity contribution in [1.29, 1.82) is 0 Å². The molecule has 1 amide bonds. The van der Waals surface area contributed by atoms with E-state index in [2.05, 4.69) is 15.3 Å². The molecular weight excluding hydrogens is 456 g/mol. The minimum Gasteiger partial charge on any atom is -0.391 e. The summed E-state index contributed by atoms with van der Waals surface area (Å²) in [6.07, 6.45) is -2.63. The minimum atomic E-state index is -4.41. The zero-order valence-corrected chi connectivity index (χ0v) is 18.3. The van der Waals surface area contributed by atoms with Gasteiger partial charge in [-0.1, -0.05) is 12.1 Å². The van der Waals surface area contributed by atoms with Crippen molar-refractivity contribution in [2.45, 2.75) is 31.2 Å². The molecule has 4 N–H and O–H groups in total. The van der Waals surface area contributed by atoms with Gasteiger partial charge in [0.2, 0.25) is 11.7 Å². The first kappa shape index (κ1) is 24.1. The van der Waals surface area contributed by atoms with Crippen LogP contribution in [0.15, 0.2) is 30.6 Å². The van der Waals surface area contributed by atoms with Gasteiger partial charge in [-0.25, -0.2) is 9.97 Å². The van der Waals surface area contributed by atoms with Crippen LogP contribution in [0.4, 0.5) is 29.2 Å². The number of amides is 1. The molecule has 2 saturated heterocycles. The highest BCUT2D eigenvalue weighted by molar-refractivity contribution is 5.75. The molecule has 0 aliphatic carbocycles. The second kappa shape index (κ2) is 9.71. The molecule has 184 valence electrons. The summed E-state index contributed by atoms with van der Waals surface area (Å²) in [5, 5.41) is 13.3. The minimum absolute atomic E-state index is 0.00478. The van der Waals surface area contributed by atoms with E-state index in [1.165, 1.54) is 18.5 Å². The van der Waals surface area contributed by atoms with Gasteiger partial charge >= 0.3 is 6.18 Å². The van der Waals surface area contributed by atoms with Crippen LogP contribution in [0.3, 0.4) is 0 Å². The number of alkyl halides is 3. The second-order valence-corrected chi connectivity index (χ2v) is 8.68. The molecule has 0 radical (unpaired) electrons. The molecule has 3 heterocycles. The molecule has 1 aromatic carbocycles. The van der Waals surface area contributed by atoms with E-state index in [1.807, 2.05) is 0 Å². The number of nitrogens with zero attached hydrogens (tertiary/aromatic N) is 4. The Bertz CT molecular complexity index is 1020. The molecule has 2 aliphatic rings. The molecule has 8 nitrogen and oxygen atoms in total. The number of hydrogen-bond donors (Lipinski definition) is 3. The predicted molar refractivity (Wildman–Crippen MR) is 116 cm³/mol. The number of aliphatic hydroxyl groups excluding tert-OH is 1. The summed E-state index contributed by atoms with van der Waals surface area (Å²) in [4.78, 5) is 22.6. The molecule has 2 aliphatic heterocycles. The highest BCUT2D eigenvalue weighted by Gasteiger charge is 2.35. The number of anilines is 2. The summed E-state index contributed by atoms with van der Waals surface area (Å²) in [6.45, 7) is 1.76. The summed E-state index contributed by atoms with van der Waals surface area (Å²) in [7, 11) is 0. The van der Waals surface area contributed by atoms with Gasteiger partial charge in [-0.3, -0.25) is 9.69 Å². The fraction of sp³-hybridized carbons (Fsp3) is 0.500. The lowest BCUT2D eigenvalue weighted by molar-refractivity contribution is -0.137. The first-order chi connectivity index (χ1) is 16.1. The SMILES string of the molecule is NC(=O)CN1CCC(CNc2ncnc(N3CCC3c3ccc(C(F)(F)F)cc3)c2F)C(O)C1. The summed E-state index contributed by atoms with van der Waals surface area (Å²) in [5.74, 6) is -1.20. The van der Waals surface area contributed by atoms with Crippen molar-refractivity contribution >= 4 is 17.5 Å². The number of halogens is 4. The number of hydrogen-bond acceptors (Lipinski definition) is 7. The molecule has 12 heteroatoms. The average molecular weight is 482 g/mol. The normalized spacial score (nSPS) is 23.4. The van der Waals surface area contributed by atoms with Gasteiger partial charge in [0.25, 0.3) is 0 Å². The Kier molecular flexibility index (Phi) is 6.89. The molecule has 2 fully saturated rings. The summed E-state index contributed by atoms with van der Waals surface area (Å²) in [6, 6.07) is 4.58. The molecule has 4 rings (SSSR count). The smallest absolute Gasteiger partial charge is 0.391 e. The van der Waals surface area contributed by atoms with Gasteiger partial charge in [0.15, 0.2) is 11.6 Å². The average Bonchev–Trinajstić information content (AvgIpc) is 2.74. The molecule has 0 bridgehead atoms. The van der Waals surface area contributed by atoms with Crippen molar-refractivity contribution in [2.24, 2.45) is 11.7 Å². The van der Waals surface area contributed by atoms with E-state index < -0.39 is 29.6 Å². The van der Waals surface area contributed by atoms with Crippen molar-refractivity contribution in [3.8, 4) is 0 Å². The van der Waals surface area contributed by atoms with Gasteiger partial charge in [0.05, 0.1) is 24.3 Å².